The van der Waals surface area contributed by atoms with Crippen LogP contribution in [-0.4, -0.2) is 20.5 Å². The van der Waals surface area contributed by atoms with Gasteiger partial charge in [0.1, 0.15) is 0 Å². The molecule has 0 saturated heterocycles. The predicted molar refractivity (Wildman–Crippen MR) is 71.5 cm³/mol. The molecule has 0 aliphatic heterocycles. The van der Waals surface area contributed by atoms with E-state index in [1.807, 2.05) is 0 Å². The zero-order chi connectivity index (χ0) is 13.0. The zero-order valence-electron chi connectivity index (χ0n) is 10.1. The van der Waals surface area contributed by atoms with Gasteiger partial charge in [0.2, 0.25) is 9.84 Å². The number of ether oxygens (including phenoxy) is 1. The number of sulfone groups is 1. The SMILES string of the molecule is O=S(=O)(COC1CCCCC1)c1ccc(Cl)cc1. The standard InChI is InChI=1S/C13H17ClO3S/c14-11-6-8-13(9-7-11)18(15,16)10-17-12-4-2-1-3-5-12/h6-9,12H,1-5,10H2. The summed E-state index contributed by atoms with van der Waals surface area (Å²) in [6, 6.07) is 6.19. The first kappa shape index (κ1) is 13.8. The maximum Gasteiger partial charge on any atom is 0.202 e. The Bertz CT molecular complexity index is 475. The Labute approximate surface area is 113 Å². The molecule has 0 bridgehead atoms. The summed E-state index contributed by atoms with van der Waals surface area (Å²) in [7, 11) is -3.36. The largest absolute Gasteiger partial charge is 0.362 e. The molecule has 3 nitrogen and oxygen atoms in total. The van der Waals surface area contributed by atoms with Crippen molar-refractivity contribution in [3.63, 3.8) is 0 Å². The number of hydrogen-bond acceptors (Lipinski definition) is 3. The molecule has 0 radical (unpaired) electrons. The molecule has 1 fully saturated rings. The molecule has 0 unspecified atom stereocenters. The molecule has 5 heteroatoms. The van der Waals surface area contributed by atoms with Gasteiger partial charge in [-0.15, -0.1) is 0 Å². The maximum atomic E-state index is 12.0. The summed E-state index contributed by atoms with van der Waals surface area (Å²) < 4.78 is 29.5. The van der Waals surface area contributed by atoms with Gasteiger partial charge in [0.05, 0.1) is 11.0 Å². The van der Waals surface area contributed by atoms with E-state index in [0.29, 0.717) is 5.02 Å². The third-order valence-corrected chi connectivity index (χ3v) is 4.87. The Morgan fingerprint density at radius 1 is 1.11 bits per heavy atom. The quantitative estimate of drug-likeness (QED) is 0.852. The lowest BCUT2D eigenvalue weighted by Gasteiger charge is -2.21. The first-order valence-corrected chi connectivity index (χ1v) is 8.21. The Balaban J connectivity index is 1.96. The highest BCUT2D eigenvalue weighted by Crippen LogP contribution is 2.22. The van der Waals surface area contributed by atoms with E-state index >= 15 is 0 Å². The van der Waals surface area contributed by atoms with Gasteiger partial charge in [-0.25, -0.2) is 8.42 Å². The van der Waals surface area contributed by atoms with Crippen molar-refractivity contribution >= 4 is 21.4 Å². The lowest BCUT2D eigenvalue weighted by atomic mass is 9.98. The molecule has 0 amide bonds. The van der Waals surface area contributed by atoms with Gasteiger partial charge >= 0.3 is 0 Å². The van der Waals surface area contributed by atoms with Crippen LogP contribution in [0.25, 0.3) is 0 Å². The summed E-state index contributed by atoms with van der Waals surface area (Å²) in [4.78, 5) is 0.266. The summed E-state index contributed by atoms with van der Waals surface area (Å²) in [6.45, 7) is 0. The van der Waals surface area contributed by atoms with Gasteiger partial charge in [0.15, 0.2) is 5.94 Å². The predicted octanol–water partition coefficient (Wildman–Crippen LogP) is 3.42. The van der Waals surface area contributed by atoms with Crippen LogP contribution in [0.5, 0.6) is 0 Å². The second-order valence-corrected chi connectivity index (χ2v) is 6.99. The van der Waals surface area contributed by atoms with Gasteiger partial charge in [-0.3, -0.25) is 0 Å². The summed E-state index contributed by atoms with van der Waals surface area (Å²) >= 11 is 5.73. The molecule has 0 spiro atoms. The smallest absolute Gasteiger partial charge is 0.202 e. The molecule has 0 heterocycles. The zero-order valence-corrected chi connectivity index (χ0v) is 11.7. The molecule has 1 aromatic rings. The first-order chi connectivity index (χ1) is 8.58. The lowest BCUT2D eigenvalue weighted by Crippen LogP contribution is -2.21. The summed E-state index contributed by atoms with van der Waals surface area (Å²) in [5.41, 5.74) is 0. The fraction of sp³-hybridized carbons (Fsp3) is 0.538. The van der Waals surface area contributed by atoms with Crippen molar-refractivity contribution in [1.82, 2.24) is 0 Å². The van der Waals surface area contributed by atoms with Crippen LogP contribution in [0.15, 0.2) is 29.2 Å². The minimum atomic E-state index is -3.36. The fourth-order valence-corrected chi connectivity index (χ4v) is 3.31. The van der Waals surface area contributed by atoms with Crippen LogP contribution in [-0.2, 0) is 14.6 Å². The highest BCUT2D eigenvalue weighted by atomic mass is 35.5. The second-order valence-electron chi connectivity index (χ2n) is 4.61. The highest BCUT2D eigenvalue weighted by molar-refractivity contribution is 7.91. The molecule has 1 aromatic carbocycles. The normalized spacial score (nSPS) is 17.8. The first-order valence-electron chi connectivity index (χ1n) is 6.18. The van der Waals surface area contributed by atoms with E-state index in [0.717, 1.165) is 25.7 Å². The van der Waals surface area contributed by atoms with Gasteiger partial charge in [0.25, 0.3) is 0 Å². The van der Waals surface area contributed by atoms with Crippen molar-refractivity contribution in [3.05, 3.63) is 29.3 Å². The van der Waals surface area contributed by atoms with Crippen molar-refractivity contribution in [2.24, 2.45) is 0 Å². The van der Waals surface area contributed by atoms with E-state index in [-0.39, 0.29) is 16.9 Å². The van der Waals surface area contributed by atoms with Crippen molar-refractivity contribution in [2.45, 2.75) is 43.1 Å². The molecule has 0 N–H and O–H groups in total. The maximum absolute atomic E-state index is 12.0. The van der Waals surface area contributed by atoms with E-state index in [4.69, 9.17) is 16.3 Å². The third kappa shape index (κ3) is 3.70. The molecule has 1 aliphatic carbocycles. The Morgan fingerprint density at radius 3 is 2.33 bits per heavy atom. The van der Waals surface area contributed by atoms with Crippen LogP contribution in [0.1, 0.15) is 32.1 Å². The Hall–Kier alpha value is -0.580. The van der Waals surface area contributed by atoms with Crippen molar-refractivity contribution < 1.29 is 13.2 Å². The van der Waals surface area contributed by atoms with Crippen LogP contribution < -0.4 is 0 Å². The molecule has 18 heavy (non-hydrogen) atoms. The van der Waals surface area contributed by atoms with Gasteiger partial charge in [-0.2, -0.15) is 0 Å². The average molecular weight is 289 g/mol. The lowest BCUT2D eigenvalue weighted by molar-refractivity contribution is 0.0568. The number of halogens is 1. The van der Waals surface area contributed by atoms with Crippen molar-refractivity contribution in [1.29, 1.82) is 0 Å². The van der Waals surface area contributed by atoms with E-state index in [1.165, 1.54) is 18.6 Å². The average Bonchev–Trinajstić information content (AvgIpc) is 2.38. The van der Waals surface area contributed by atoms with Crippen LogP contribution >= 0.6 is 11.6 Å². The van der Waals surface area contributed by atoms with E-state index in [9.17, 15) is 8.42 Å². The molecule has 1 saturated carbocycles. The third-order valence-electron chi connectivity index (χ3n) is 3.18. The topological polar surface area (TPSA) is 43.4 Å². The minimum absolute atomic E-state index is 0.0980. The number of rotatable bonds is 4. The van der Waals surface area contributed by atoms with Crippen molar-refractivity contribution in [3.8, 4) is 0 Å². The minimum Gasteiger partial charge on any atom is -0.362 e. The van der Waals surface area contributed by atoms with Crippen LogP contribution in [0, 0.1) is 0 Å². The summed E-state index contributed by atoms with van der Waals surface area (Å²) in [5.74, 6) is -0.237. The number of hydrogen-bond donors (Lipinski definition) is 0. The van der Waals surface area contributed by atoms with Gasteiger partial charge in [-0.05, 0) is 37.1 Å². The second kappa shape index (κ2) is 6.04. The molecule has 100 valence electrons. The fourth-order valence-electron chi connectivity index (χ4n) is 2.13. The van der Waals surface area contributed by atoms with E-state index in [1.54, 1.807) is 12.1 Å². The monoisotopic (exact) mass is 288 g/mol. The molecule has 0 atom stereocenters. The van der Waals surface area contributed by atoms with Crippen LogP contribution in [0.2, 0.25) is 5.02 Å². The van der Waals surface area contributed by atoms with Crippen molar-refractivity contribution in [2.75, 3.05) is 5.94 Å². The van der Waals surface area contributed by atoms with Gasteiger partial charge in [-0.1, -0.05) is 30.9 Å². The van der Waals surface area contributed by atoms with Crippen LogP contribution in [0.4, 0.5) is 0 Å². The molecule has 0 aromatic heterocycles. The van der Waals surface area contributed by atoms with Gasteiger partial charge in [0, 0.05) is 5.02 Å². The highest BCUT2D eigenvalue weighted by Gasteiger charge is 2.19. The summed E-state index contributed by atoms with van der Waals surface area (Å²) in [6.07, 6.45) is 5.52. The van der Waals surface area contributed by atoms with E-state index in [2.05, 4.69) is 0 Å². The molecule has 1 aliphatic rings. The summed E-state index contributed by atoms with van der Waals surface area (Å²) in [5, 5.41) is 0.530. The molecular formula is C13H17ClO3S. The Morgan fingerprint density at radius 2 is 1.72 bits per heavy atom. The van der Waals surface area contributed by atoms with Crippen LogP contribution in [0.3, 0.4) is 0 Å². The molecule has 2 rings (SSSR count). The molecular weight excluding hydrogens is 272 g/mol. The number of benzene rings is 1. The van der Waals surface area contributed by atoms with Gasteiger partial charge < -0.3 is 4.74 Å². The Kier molecular flexibility index (Phi) is 4.65. The van der Waals surface area contributed by atoms with E-state index < -0.39 is 9.84 Å².